The van der Waals surface area contributed by atoms with Crippen molar-refractivity contribution >= 4 is 11.8 Å². The zero-order chi connectivity index (χ0) is 14.2. The van der Waals surface area contributed by atoms with E-state index in [-0.39, 0.29) is 29.9 Å². The molecule has 2 fully saturated rings. The highest BCUT2D eigenvalue weighted by Gasteiger charge is 2.46. The van der Waals surface area contributed by atoms with Crippen molar-refractivity contribution in [2.75, 3.05) is 7.11 Å². The van der Waals surface area contributed by atoms with Gasteiger partial charge in [0.05, 0.1) is 12.1 Å². The van der Waals surface area contributed by atoms with Crippen LogP contribution < -0.4 is 5.32 Å². The molecule has 19 heavy (non-hydrogen) atoms. The highest BCUT2D eigenvalue weighted by molar-refractivity contribution is 5.97. The molecule has 1 saturated carbocycles. The molecule has 1 heterocycles. The van der Waals surface area contributed by atoms with Crippen molar-refractivity contribution in [2.24, 2.45) is 5.92 Å². The fourth-order valence-corrected chi connectivity index (χ4v) is 3.22. The Labute approximate surface area is 114 Å². The molecule has 4 atom stereocenters. The van der Waals surface area contributed by atoms with Crippen molar-refractivity contribution in [3.8, 4) is 0 Å². The van der Waals surface area contributed by atoms with Crippen molar-refractivity contribution in [3.05, 3.63) is 0 Å². The lowest BCUT2D eigenvalue weighted by atomic mass is 9.96. The number of piperazine rings is 1. The Morgan fingerprint density at radius 1 is 1.32 bits per heavy atom. The molecule has 0 radical (unpaired) electrons. The number of carbonyl (C=O) groups is 2. The second-order valence-corrected chi connectivity index (χ2v) is 5.92. The lowest BCUT2D eigenvalue weighted by molar-refractivity contribution is -0.155. The zero-order valence-corrected chi connectivity index (χ0v) is 12.2. The van der Waals surface area contributed by atoms with Crippen LogP contribution in [0.5, 0.6) is 0 Å². The number of nitrogens with one attached hydrogen (secondary N) is 1. The maximum atomic E-state index is 12.6. The summed E-state index contributed by atoms with van der Waals surface area (Å²) >= 11 is 0. The number of methoxy groups -OCH3 is 1. The van der Waals surface area contributed by atoms with E-state index >= 15 is 0 Å². The standard InChI is InChI=1S/C14H24N2O3/c1-8(2)12-14(18)16(9(3)13(17)15-12)10-6-5-7-11(10)19-4/h8-12H,5-7H2,1-4H3,(H,15,17). The van der Waals surface area contributed by atoms with Crippen LogP contribution in [0.2, 0.25) is 0 Å². The molecule has 2 aliphatic rings. The summed E-state index contributed by atoms with van der Waals surface area (Å²) in [5.41, 5.74) is 0. The van der Waals surface area contributed by atoms with Crippen LogP contribution in [0, 0.1) is 5.92 Å². The lowest BCUT2D eigenvalue weighted by Crippen LogP contribution is -2.67. The van der Waals surface area contributed by atoms with Crippen molar-refractivity contribution in [2.45, 2.75) is 64.3 Å². The van der Waals surface area contributed by atoms with E-state index in [9.17, 15) is 9.59 Å². The molecular formula is C14H24N2O3. The highest BCUT2D eigenvalue weighted by atomic mass is 16.5. The molecular weight excluding hydrogens is 244 g/mol. The molecule has 1 aliphatic heterocycles. The quantitative estimate of drug-likeness (QED) is 0.828. The molecule has 2 amide bonds. The Balaban J connectivity index is 2.25. The number of rotatable bonds is 3. The normalized spacial score (nSPS) is 35.9. The topological polar surface area (TPSA) is 58.6 Å². The van der Waals surface area contributed by atoms with Gasteiger partial charge in [-0.1, -0.05) is 13.8 Å². The first-order chi connectivity index (χ1) is 8.97. The fourth-order valence-electron chi connectivity index (χ4n) is 3.22. The SMILES string of the molecule is COC1CCCC1N1C(=O)C(C(C)C)NC(=O)C1C. The van der Waals surface area contributed by atoms with E-state index in [4.69, 9.17) is 4.74 Å². The van der Waals surface area contributed by atoms with Crippen LogP contribution >= 0.6 is 0 Å². The van der Waals surface area contributed by atoms with Gasteiger partial charge >= 0.3 is 0 Å². The number of hydrogen-bond acceptors (Lipinski definition) is 3. The average Bonchev–Trinajstić information content (AvgIpc) is 2.82. The van der Waals surface area contributed by atoms with Gasteiger partial charge in [-0.3, -0.25) is 9.59 Å². The van der Waals surface area contributed by atoms with Crippen LogP contribution in [0.15, 0.2) is 0 Å². The molecule has 1 saturated heterocycles. The van der Waals surface area contributed by atoms with Gasteiger partial charge in [0.2, 0.25) is 11.8 Å². The van der Waals surface area contributed by atoms with Gasteiger partial charge in [-0.05, 0) is 32.1 Å². The van der Waals surface area contributed by atoms with Gasteiger partial charge in [-0.2, -0.15) is 0 Å². The van der Waals surface area contributed by atoms with E-state index in [2.05, 4.69) is 5.32 Å². The zero-order valence-electron chi connectivity index (χ0n) is 12.2. The van der Waals surface area contributed by atoms with E-state index in [1.165, 1.54) is 0 Å². The van der Waals surface area contributed by atoms with Gasteiger partial charge in [0, 0.05) is 7.11 Å². The summed E-state index contributed by atoms with van der Waals surface area (Å²) in [5, 5.41) is 2.83. The van der Waals surface area contributed by atoms with Crippen LogP contribution in [0.1, 0.15) is 40.0 Å². The maximum absolute atomic E-state index is 12.6. The Bertz CT molecular complexity index is 370. The molecule has 1 N–H and O–H groups in total. The van der Waals surface area contributed by atoms with Gasteiger partial charge in [-0.15, -0.1) is 0 Å². The maximum Gasteiger partial charge on any atom is 0.246 e. The van der Waals surface area contributed by atoms with E-state index in [1.54, 1.807) is 18.9 Å². The number of amides is 2. The van der Waals surface area contributed by atoms with E-state index < -0.39 is 12.1 Å². The minimum Gasteiger partial charge on any atom is -0.379 e. The molecule has 4 unspecified atom stereocenters. The molecule has 0 bridgehead atoms. The highest BCUT2D eigenvalue weighted by Crippen LogP contribution is 2.30. The molecule has 5 nitrogen and oxygen atoms in total. The molecule has 0 aromatic heterocycles. The first-order valence-corrected chi connectivity index (χ1v) is 7.12. The molecule has 0 aromatic rings. The summed E-state index contributed by atoms with van der Waals surface area (Å²) in [6, 6.07) is -0.759. The Morgan fingerprint density at radius 3 is 2.58 bits per heavy atom. The predicted octanol–water partition coefficient (Wildman–Crippen LogP) is 0.925. The first kappa shape index (κ1) is 14.3. The van der Waals surface area contributed by atoms with Crippen LogP contribution in [-0.4, -0.2) is 48.1 Å². The lowest BCUT2D eigenvalue weighted by Gasteiger charge is -2.43. The van der Waals surface area contributed by atoms with Gasteiger partial charge in [0.15, 0.2) is 0 Å². The minimum absolute atomic E-state index is 0.0380. The predicted molar refractivity (Wildman–Crippen MR) is 71.5 cm³/mol. The summed E-state index contributed by atoms with van der Waals surface area (Å²) in [7, 11) is 1.68. The van der Waals surface area contributed by atoms with Gasteiger partial charge in [0.25, 0.3) is 0 Å². The van der Waals surface area contributed by atoms with E-state index in [0.717, 1.165) is 19.3 Å². The van der Waals surface area contributed by atoms with Crippen LogP contribution in [0.25, 0.3) is 0 Å². The Morgan fingerprint density at radius 2 is 2.00 bits per heavy atom. The third-order valence-corrected chi connectivity index (χ3v) is 4.36. The Hall–Kier alpha value is -1.10. The molecule has 0 aromatic carbocycles. The summed E-state index contributed by atoms with van der Waals surface area (Å²) in [6.45, 7) is 5.72. The molecule has 0 spiro atoms. The second kappa shape index (κ2) is 5.49. The van der Waals surface area contributed by atoms with Crippen molar-refractivity contribution in [3.63, 3.8) is 0 Å². The fraction of sp³-hybridized carbons (Fsp3) is 0.857. The van der Waals surface area contributed by atoms with Crippen LogP contribution in [-0.2, 0) is 14.3 Å². The Kier molecular flexibility index (Phi) is 4.13. The number of hydrogen-bond donors (Lipinski definition) is 1. The second-order valence-electron chi connectivity index (χ2n) is 5.92. The van der Waals surface area contributed by atoms with Gasteiger partial charge in [0.1, 0.15) is 12.1 Å². The molecule has 108 valence electrons. The van der Waals surface area contributed by atoms with E-state index in [0.29, 0.717) is 0 Å². The monoisotopic (exact) mass is 268 g/mol. The third-order valence-electron chi connectivity index (χ3n) is 4.36. The molecule has 5 heteroatoms. The number of carbonyl (C=O) groups excluding carboxylic acids is 2. The van der Waals surface area contributed by atoms with Crippen LogP contribution in [0.4, 0.5) is 0 Å². The van der Waals surface area contributed by atoms with Crippen molar-refractivity contribution in [1.29, 1.82) is 0 Å². The number of ether oxygens (including phenoxy) is 1. The van der Waals surface area contributed by atoms with Gasteiger partial charge < -0.3 is 15.0 Å². The first-order valence-electron chi connectivity index (χ1n) is 7.12. The molecule has 1 aliphatic carbocycles. The van der Waals surface area contributed by atoms with Crippen molar-refractivity contribution in [1.82, 2.24) is 10.2 Å². The summed E-state index contributed by atoms with van der Waals surface area (Å²) in [4.78, 5) is 26.5. The largest absolute Gasteiger partial charge is 0.379 e. The van der Waals surface area contributed by atoms with Gasteiger partial charge in [-0.25, -0.2) is 0 Å². The van der Waals surface area contributed by atoms with E-state index in [1.807, 2.05) is 13.8 Å². The summed E-state index contributed by atoms with van der Waals surface area (Å²) in [6.07, 6.45) is 3.00. The van der Waals surface area contributed by atoms with Crippen LogP contribution in [0.3, 0.4) is 0 Å². The summed E-state index contributed by atoms with van der Waals surface area (Å²) in [5.74, 6) is 0.0879. The third kappa shape index (κ3) is 2.48. The smallest absolute Gasteiger partial charge is 0.246 e. The minimum atomic E-state index is -0.401. The molecule has 2 rings (SSSR count). The average molecular weight is 268 g/mol. The van der Waals surface area contributed by atoms with Crippen molar-refractivity contribution < 1.29 is 14.3 Å². The summed E-state index contributed by atoms with van der Waals surface area (Å²) < 4.78 is 5.48. The number of nitrogens with zero attached hydrogens (tertiary/aromatic N) is 1.